The molecule has 2 nitrogen and oxygen atoms in total. The fraction of sp³-hybridized carbons (Fsp3) is 0.250. The predicted molar refractivity (Wildman–Crippen MR) is 80.6 cm³/mol. The maximum Gasteiger partial charge on any atom is 0.118 e. The summed E-state index contributed by atoms with van der Waals surface area (Å²) in [5.74, 6) is 2.47. The molecule has 0 amide bonds. The van der Waals surface area contributed by atoms with Crippen molar-refractivity contribution in [2.24, 2.45) is 0 Å². The van der Waals surface area contributed by atoms with Gasteiger partial charge in [-0.05, 0) is 23.3 Å². The lowest BCUT2D eigenvalue weighted by Gasteiger charge is -2.10. The number of benzene rings is 2. The van der Waals surface area contributed by atoms with Crippen LogP contribution in [0.5, 0.6) is 5.75 Å². The topological polar surface area (TPSA) is 29.5 Å². The van der Waals surface area contributed by atoms with E-state index < -0.39 is 6.10 Å². The smallest absolute Gasteiger partial charge is 0.118 e. The molecule has 1 N–H and O–H groups in total. The number of methoxy groups -OCH3 is 1. The standard InChI is InChI=1S/C16H18O2S/c1-18-15-9-7-13(8-10-15)11-19-12-16(17)14-5-3-2-4-6-14/h2-10,16-17H,11-12H2,1H3. The molecule has 2 aromatic rings. The third-order valence-electron chi connectivity index (χ3n) is 2.89. The molecular formula is C16H18O2S. The Morgan fingerprint density at radius 1 is 1.05 bits per heavy atom. The zero-order chi connectivity index (χ0) is 13.5. The van der Waals surface area contributed by atoms with Crippen LogP contribution in [0.3, 0.4) is 0 Å². The fourth-order valence-electron chi connectivity index (χ4n) is 1.78. The minimum atomic E-state index is -0.399. The van der Waals surface area contributed by atoms with Crippen LogP contribution in [0.4, 0.5) is 0 Å². The van der Waals surface area contributed by atoms with Gasteiger partial charge >= 0.3 is 0 Å². The van der Waals surface area contributed by atoms with E-state index in [1.165, 1.54) is 5.56 Å². The van der Waals surface area contributed by atoms with Crippen molar-refractivity contribution in [3.8, 4) is 5.75 Å². The molecule has 1 atom stereocenters. The molecule has 0 heterocycles. The lowest BCUT2D eigenvalue weighted by molar-refractivity contribution is 0.204. The van der Waals surface area contributed by atoms with Crippen molar-refractivity contribution in [2.45, 2.75) is 11.9 Å². The van der Waals surface area contributed by atoms with E-state index in [-0.39, 0.29) is 0 Å². The number of aliphatic hydroxyl groups excluding tert-OH is 1. The van der Waals surface area contributed by atoms with Crippen molar-refractivity contribution in [1.29, 1.82) is 0 Å². The SMILES string of the molecule is COc1ccc(CSCC(O)c2ccccc2)cc1. The predicted octanol–water partition coefficient (Wildman–Crippen LogP) is 3.66. The summed E-state index contributed by atoms with van der Waals surface area (Å²) in [5, 5.41) is 10.0. The van der Waals surface area contributed by atoms with Gasteiger partial charge in [-0.25, -0.2) is 0 Å². The Hall–Kier alpha value is -1.45. The van der Waals surface area contributed by atoms with Crippen LogP contribution in [0, 0.1) is 0 Å². The lowest BCUT2D eigenvalue weighted by Crippen LogP contribution is -2.00. The van der Waals surface area contributed by atoms with Crippen molar-refractivity contribution in [3.05, 3.63) is 65.7 Å². The molecule has 100 valence electrons. The van der Waals surface area contributed by atoms with Gasteiger partial charge in [-0.2, -0.15) is 11.8 Å². The summed E-state index contributed by atoms with van der Waals surface area (Å²) in [4.78, 5) is 0. The highest BCUT2D eigenvalue weighted by atomic mass is 32.2. The van der Waals surface area contributed by atoms with Crippen LogP contribution in [0.15, 0.2) is 54.6 Å². The molecule has 0 fully saturated rings. The summed E-state index contributed by atoms with van der Waals surface area (Å²) in [6, 6.07) is 17.8. The van der Waals surface area contributed by atoms with E-state index in [0.717, 1.165) is 17.1 Å². The third-order valence-corrected chi connectivity index (χ3v) is 3.98. The maximum atomic E-state index is 10.0. The average molecular weight is 274 g/mol. The monoisotopic (exact) mass is 274 g/mol. The van der Waals surface area contributed by atoms with Crippen molar-refractivity contribution in [2.75, 3.05) is 12.9 Å². The molecule has 0 aliphatic heterocycles. The first-order valence-corrected chi connectivity index (χ1v) is 7.39. The van der Waals surface area contributed by atoms with Gasteiger partial charge in [0.25, 0.3) is 0 Å². The second-order valence-electron chi connectivity index (χ2n) is 4.29. The van der Waals surface area contributed by atoms with Gasteiger partial charge in [0, 0.05) is 11.5 Å². The van der Waals surface area contributed by atoms with Crippen LogP contribution < -0.4 is 4.74 Å². The molecule has 0 radical (unpaired) electrons. The molecule has 0 saturated carbocycles. The largest absolute Gasteiger partial charge is 0.497 e. The van der Waals surface area contributed by atoms with E-state index in [9.17, 15) is 5.11 Å². The van der Waals surface area contributed by atoms with Crippen LogP contribution in [0.25, 0.3) is 0 Å². The van der Waals surface area contributed by atoms with Crippen LogP contribution in [-0.4, -0.2) is 18.0 Å². The molecule has 19 heavy (non-hydrogen) atoms. The highest BCUT2D eigenvalue weighted by Crippen LogP contribution is 2.22. The zero-order valence-electron chi connectivity index (χ0n) is 11.0. The fourth-order valence-corrected chi connectivity index (χ4v) is 2.74. The van der Waals surface area contributed by atoms with Gasteiger partial charge in [-0.3, -0.25) is 0 Å². The zero-order valence-corrected chi connectivity index (χ0v) is 11.8. The number of rotatable bonds is 6. The molecule has 0 aromatic heterocycles. The first-order chi connectivity index (χ1) is 9.29. The van der Waals surface area contributed by atoms with Crippen LogP contribution in [0.2, 0.25) is 0 Å². The van der Waals surface area contributed by atoms with Gasteiger partial charge in [-0.1, -0.05) is 42.5 Å². The van der Waals surface area contributed by atoms with Crippen LogP contribution in [0.1, 0.15) is 17.2 Å². The van der Waals surface area contributed by atoms with E-state index in [0.29, 0.717) is 5.75 Å². The van der Waals surface area contributed by atoms with Crippen molar-refractivity contribution in [1.82, 2.24) is 0 Å². The minimum absolute atomic E-state index is 0.399. The summed E-state index contributed by atoms with van der Waals surface area (Å²) >= 11 is 1.73. The Morgan fingerprint density at radius 3 is 2.37 bits per heavy atom. The lowest BCUT2D eigenvalue weighted by atomic mass is 10.1. The average Bonchev–Trinajstić information content (AvgIpc) is 2.49. The molecule has 0 aliphatic carbocycles. The molecule has 0 spiro atoms. The summed E-state index contributed by atoms with van der Waals surface area (Å²) in [6.45, 7) is 0. The van der Waals surface area contributed by atoms with Gasteiger partial charge in [0.15, 0.2) is 0 Å². The van der Waals surface area contributed by atoms with E-state index in [1.54, 1.807) is 18.9 Å². The molecular weight excluding hydrogens is 256 g/mol. The van der Waals surface area contributed by atoms with Crippen LogP contribution >= 0.6 is 11.8 Å². The molecule has 0 saturated heterocycles. The third kappa shape index (κ3) is 4.30. The highest BCUT2D eigenvalue weighted by molar-refractivity contribution is 7.98. The van der Waals surface area contributed by atoms with E-state index in [2.05, 4.69) is 12.1 Å². The highest BCUT2D eigenvalue weighted by Gasteiger charge is 2.06. The minimum Gasteiger partial charge on any atom is -0.497 e. The Kier molecular flexibility index (Phi) is 5.31. The Balaban J connectivity index is 1.79. The van der Waals surface area contributed by atoms with Gasteiger partial charge in [-0.15, -0.1) is 0 Å². The molecule has 2 rings (SSSR count). The first-order valence-electron chi connectivity index (χ1n) is 6.23. The van der Waals surface area contributed by atoms with Gasteiger partial charge in [0.2, 0.25) is 0 Å². The molecule has 1 unspecified atom stereocenters. The number of thioether (sulfide) groups is 1. The Morgan fingerprint density at radius 2 is 1.74 bits per heavy atom. The summed E-state index contributed by atoms with van der Waals surface area (Å²) in [6.07, 6.45) is -0.399. The van der Waals surface area contributed by atoms with Gasteiger partial charge in [0.1, 0.15) is 5.75 Å². The molecule has 0 aliphatic rings. The number of hydrogen-bond acceptors (Lipinski definition) is 3. The Bertz CT molecular complexity index is 482. The van der Waals surface area contributed by atoms with Gasteiger partial charge in [0.05, 0.1) is 13.2 Å². The van der Waals surface area contributed by atoms with Gasteiger partial charge < -0.3 is 9.84 Å². The number of ether oxygens (including phenoxy) is 1. The summed E-state index contributed by atoms with van der Waals surface area (Å²) < 4.78 is 5.12. The summed E-state index contributed by atoms with van der Waals surface area (Å²) in [7, 11) is 1.67. The second-order valence-corrected chi connectivity index (χ2v) is 5.32. The van der Waals surface area contributed by atoms with E-state index in [1.807, 2.05) is 42.5 Å². The first kappa shape index (κ1) is 14.0. The quantitative estimate of drug-likeness (QED) is 0.871. The Labute approximate surface area is 118 Å². The van der Waals surface area contributed by atoms with E-state index in [4.69, 9.17) is 4.74 Å². The van der Waals surface area contributed by atoms with Crippen molar-refractivity contribution < 1.29 is 9.84 Å². The van der Waals surface area contributed by atoms with Crippen LogP contribution in [-0.2, 0) is 5.75 Å². The van der Waals surface area contributed by atoms with E-state index >= 15 is 0 Å². The molecule has 0 bridgehead atoms. The normalized spacial score (nSPS) is 12.1. The second kappa shape index (κ2) is 7.22. The molecule has 2 aromatic carbocycles. The van der Waals surface area contributed by atoms with Crippen molar-refractivity contribution >= 4 is 11.8 Å². The maximum absolute atomic E-state index is 10.0. The summed E-state index contributed by atoms with van der Waals surface area (Å²) in [5.41, 5.74) is 2.22. The number of hydrogen-bond donors (Lipinski definition) is 1. The number of aliphatic hydroxyl groups is 1. The molecule has 3 heteroatoms. The van der Waals surface area contributed by atoms with Crippen molar-refractivity contribution in [3.63, 3.8) is 0 Å².